The molecule has 36 heavy (non-hydrogen) atoms. The zero-order chi connectivity index (χ0) is 25.4. The van der Waals surface area contributed by atoms with Gasteiger partial charge in [-0.05, 0) is 47.2 Å². The number of methoxy groups -OCH3 is 1. The van der Waals surface area contributed by atoms with E-state index in [4.69, 9.17) is 9.15 Å². The van der Waals surface area contributed by atoms with Crippen LogP contribution in [-0.2, 0) is 30.5 Å². The van der Waals surface area contributed by atoms with Crippen LogP contribution in [0.15, 0.2) is 62.7 Å². The minimum atomic E-state index is -0.529. The lowest BCUT2D eigenvalue weighted by Gasteiger charge is -2.19. The summed E-state index contributed by atoms with van der Waals surface area (Å²) in [4.78, 5) is 45.1. The molecule has 4 aromatic rings. The summed E-state index contributed by atoms with van der Waals surface area (Å²) in [5.41, 5.74) is 4.61. The number of H-pyrrole nitrogens is 1. The first kappa shape index (κ1) is 23.5. The van der Waals surface area contributed by atoms with E-state index in [1.54, 1.807) is 31.3 Å². The van der Waals surface area contributed by atoms with Crippen LogP contribution in [0.25, 0.3) is 0 Å². The van der Waals surface area contributed by atoms with Gasteiger partial charge in [0.05, 0.1) is 30.8 Å². The van der Waals surface area contributed by atoms with Gasteiger partial charge in [-0.1, -0.05) is 37.3 Å². The second-order valence-electron chi connectivity index (χ2n) is 9.02. The number of hydrogen-bond acceptors (Lipinski definition) is 6. The van der Waals surface area contributed by atoms with E-state index in [2.05, 4.69) is 35.1 Å². The van der Waals surface area contributed by atoms with Gasteiger partial charge in [0.2, 0.25) is 0 Å². The number of aromatic nitrogens is 3. The number of ether oxygens (including phenoxy) is 1. The Kier molecular flexibility index (Phi) is 6.18. The average Bonchev–Trinajstić information content (AvgIpc) is 3.18. The number of carbonyl (C=O) groups is 1. The van der Waals surface area contributed by atoms with Gasteiger partial charge in [0.15, 0.2) is 5.89 Å². The lowest BCUT2D eigenvalue weighted by Crippen LogP contribution is -2.33. The van der Waals surface area contributed by atoms with E-state index in [0.717, 1.165) is 35.3 Å². The molecule has 0 fully saturated rings. The topological polar surface area (TPSA) is 107 Å². The van der Waals surface area contributed by atoms with E-state index < -0.39 is 23.1 Å². The molecule has 5 rings (SSSR count). The fourth-order valence-corrected chi connectivity index (χ4v) is 4.94. The van der Waals surface area contributed by atoms with Gasteiger partial charge in [0.1, 0.15) is 5.76 Å². The predicted molar refractivity (Wildman–Crippen MR) is 134 cm³/mol. The Balaban J connectivity index is 1.65. The number of nitrogens with one attached hydrogen (secondary N) is 1. The highest BCUT2D eigenvalue weighted by Gasteiger charge is 2.32. The minimum Gasteiger partial charge on any atom is -0.465 e. The molecule has 0 saturated heterocycles. The number of aryl methyl sites for hydroxylation is 4. The summed E-state index contributed by atoms with van der Waals surface area (Å²) in [7, 11) is 1.32. The third-order valence-corrected chi connectivity index (χ3v) is 6.71. The summed E-state index contributed by atoms with van der Waals surface area (Å²) >= 11 is 0. The number of esters is 1. The average molecular weight is 486 g/mol. The van der Waals surface area contributed by atoms with Gasteiger partial charge in [-0.2, -0.15) is 0 Å². The highest BCUT2D eigenvalue weighted by Crippen LogP contribution is 2.38. The van der Waals surface area contributed by atoms with Crippen molar-refractivity contribution in [2.75, 3.05) is 7.11 Å². The Morgan fingerprint density at radius 2 is 1.97 bits per heavy atom. The summed E-state index contributed by atoms with van der Waals surface area (Å²) < 4.78 is 12.2. The number of fused-ring (bicyclic) bond motifs is 2. The van der Waals surface area contributed by atoms with Crippen molar-refractivity contribution < 1.29 is 13.9 Å². The lowest BCUT2D eigenvalue weighted by atomic mass is 9.86. The highest BCUT2D eigenvalue weighted by atomic mass is 16.5. The Hall–Kier alpha value is -4.20. The molecule has 184 valence electrons. The lowest BCUT2D eigenvalue weighted by molar-refractivity contribution is 0.0600. The monoisotopic (exact) mass is 485 g/mol. The van der Waals surface area contributed by atoms with Gasteiger partial charge >= 0.3 is 11.7 Å². The summed E-state index contributed by atoms with van der Waals surface area (Å²) in [6.07, 6.45) is 3.98. The first-order valence-corrected chi connectivity index (χ1v) is 12.0. The van der Waals surface area contributed by atoms with E-state index in [0.29, 0.717) is 29.1 Å². The summed E-state index contributed by atoms with van der Waals surface area (Å²) in [5, 5.41) is 0. The van der Waals surface area contributed by atoms with E-state index in [1.165, 1.54) is 17.2 Å². The van der Waals surface area contributed by atoms with Gasteiger partial charge in [0, 0.05) is 25.1 Å². The van der Waals surface area contributed by atoms with E-state index in [1.807, 2.05) is 6.07 Å². The SMILES string of the molecule is CCc1ccc2c(c1)CCc1oc(C)nc1C2c1cn(Cc2cccc(C(=O)OC)c2)c(=O)[nH]c1=O. The maximum absolute atomic E-state index is 13.2. The molecule has 0 aliphatic heterocycles. The Labute approximate surface area is 207 Å². The van der Waals surface area contributed by atoms with Crippen LogP contribution >= 0.6 is 0 Å². The second kappa shape index (κ2) is 9.45. The van der Waals surface area contributed by atoms with E-state index in [-0.39, 0.29) is 6.54 Å². The van der Waals surface area contributed by atoms with Gasteiger partial charge in [-0.15, -0.1) is 0 Å². The summed E-state index contributed by atoms with van der Waals surface area (Å²) in [6.45, 7) is 4.08. The second-order valence-corrected chi connectivity index (χ2v) is 9.02. The summed E-state index contributed by atoms with van der Waals surface area (Å²) in [5.74, 6) is 0.373. The van der Waals surface area contributed by atoms with Crippen molar-refractivity contribution in [1.82, 2.24) is 14.5 Å². The molecular formula is C28H27N3O5. The molecule has 2 heterocycles. The first-order valence-electron chi connectivity index (χ1n) is 12.0. The Bertz CT molecular complexity index is 1580. The molecule has 2 aromatic carbocycles. The van der Waals surface area contributed by atoms with Crippen LogP contribution < -0.4 is 11.2 Å². The molecule has 1 atom stereocenters. The largest absolute Gasteiger partial charge is 0.465 e. The van der Waals surface area contributed by atoms with Crippen molar-refractivity contribution in [1.29, 1.82) is 0 Å². The molecule has 0 spiro atoms. The van der Waals surface area contributed by atoms with Crippen molar-refractivity contribution in [3.63, 3.8) is 0 Å². The van der Waals surface area contributed by atoms with Crippen molar-refractivity contribution in [2.45, 2.75) is 45.6 Å². The first-order chi connectivity index (χ1) is 17.4. The Morgan fingerprint density at radius 3 is 2.75 bits per heavy atom. The number of hydrogen-bond donors (Lipinski definition) is 1. The van der Waals surface area contributed by atoms with Crippen molar-refractivity contribution in [3.05, 3.63) is 120 Å². The smallest absolute Gasteiger partial charge is 0.337 e. The normalized spacial score (nSPS) is 14.6. The van der Waals surface area contributed by atoms with Crippen LogP contribution in [0.4, 0.5) is 0 Å². The van der Waals surface area contributed by atoms with Crippen LogP contribution in [0.5, 0.6) is 0 Å². The molecule has 0 radical (unpaired) electrons. The molecule has 8 nitrogen and oxygen atoms in total. The maximum atomic E-state index is 13.2. The van der Waals surface area contributed by atoms with Gasteiger partial charge in [-0.3, -0.25) is 14.3 Å². The van der Waals surface area contributed by atoms with Gasteiger partial charge in [-0.25, -0.2) is 14.6 Å². The molecular weight excluding hydrogens is 458 g/mol. The van der Waals surface area contributed by atoms with Crippen LogP contribution in [0.3, 0.4) is 0 Å². The van der Waals surface area contributed by atoms with E-state index >= 15 is 0 Å². The fourth-order valence-electron chi connectivity index (χ4n) is 4.94. The number of carbonyl (C=O) groups excluding carboxylic acids is 1. The molecule has 1 unspecified atom stereocenters. The van der Waals surface area contributed by atoms with Crippen molar-refractivity contribution in [2.24, 2.45) is 0 Å². The highest BCUT2D eigenvalue weighted by molar-refractivity contribution is 5.89. The third kappa shape index (κ3) is 4.30. The molecule has 0 saturated carbocycles. The quantitative estimate of drug-likeness (QED) is 0.434. The van der Waals surface area contributed by atoms with Crippen LogP contribution in [0, 0.1) is 6.92 Å². The molecule has 1 N–H and O–H groups in total. The molecule has 8 heteroatoms. The van der Waals surface area contributed by atoms with E-state index in [9.17, 15) is 14.4 Å². The zero-order valence-electron chi connectivity index (χ0n) is 20.5. The molecule has 0 amide bonds. The van der Waals surface area contributed by atoms with Crippen LogP contribution in [0.2, 0.25) is 0 Å². The summed E-state index contributed by atoms with van der Waals surface area (Å²) in [6, 6.07) is 13.2. The molecule has 1 aliphatic rings. The van der Waals surface area contributed by atoms with Crippen LogP contribution in [-0.4, -0.2) is 27.6 Å². The number of benzene rings is 2. The standard InChI is InChI=1S/C28H27N3O5/c1-4-17-8-10-21-19(12-17)9-11-23-25(29-16(2)36-23)24(21)22-15-31(28(34)30-26(22)32)14-18-6-5-7-20(13-18)27(33)35-3/h5-8,10,12-13,15,24H,4,9,11,14H2,1-3H3,(H,30,32,34). The number of aromatic amines is 1. The molecule has 1 aliphatic carbocycles. The number of rotatable bonds is 5. The van der Waals surface area contributed by atoms with Gasteiger partial charge < -0.3 is 9.15 Å². The third-order valence-electron chi connectivity index (χ3n) is 6.71. The maximum Gasteiger partial charge on any atom is 0.337 e. The fraction of sp³-hybridized carbons (Fsp3) is 0.286. The number of oxazole rings is 1. The predicted octanol–water partition coefficient (Wildman–Crippen LogP) is 3.51. The van der Waals surface area contributed by atoms with Gasteiger partial charge in [0.25, 0.3) is 5.56 Å². The zero-order valence-corrected chi connectivity index (χ0v) is 20.5. The van der Waals surface area contributed by atoms with Crippen molar-refractivity contribution in [3.8, 4) is 0 Å². The molecule has 0 bridgehead atoms. The van der Waals surface area contributed by atoms with Crippen LogP contribution in [0.1, 0.15) is 68.4 Å². The number of nitrogens with zero attached hydrogens (tertiary/aromatic N) is 2. The van der Waals surface area contributed by atoms with Crippen molar-refractivity contribution >= 4 is 5.97 Å². The Morgan fingerprint density at radius 1 is 1.14 bits per heavy atom. The minimum absolute atomic E-state index is 0.173. The molecule has 2 aromatic heterocycles.